The number of hydrogen-bond donors (Lipinski definition) is 1. The largest absolute Gasteiger partial charge is 0.317 e. The molecular weight excluding hydrogens is 222 g/mol. The molecule has 3 nitrogen and oxygen atoms in total. The first-order valence-electron chi connectivity index (χ1n) is 7.76. The van der Waals surface area contributed by atoms with Crippen LogP contribution >= 0.6 is 0 Å². The van der Waals surface area contributed by atoms with Crippen LogP contribution in [0.3, 0.4) is 0 Å². The van der Waals surface area contributed by atoms with Gasteiger partial charge in [-0.2, -0.15) is 0 Å². The summed E-state index contributed by atoms with van der Waals surface area (Å²) in [7, 11) is 6.58. The molecule has 0 aromatic heterocycles. The lowest BCUT2D eigenvalue weighted by molar-refractivity contribution is 0.189. The minimum absolute atomic E-state index is 0.868. The van der Waals surface area contributed by atoms with Crippen LogP contribution in [-0.2, 0) is 0 Å². The van der Waals surface area contributed by atoms with Gasteiger partial charge in [0.05, 0.1) is 0 Å². The van der Waals surface area contributed by atoms with E-state index in [2.05, 4.69) is 36.3 Å². The van der Waals surface area contributed by atoms with Gasteiger partial charge >= 0.3 is 0 Å². The van der Waals surface area contributed by atoms with Gasteiger partial charge in [0.2, 0.25) is 0 Å². The van der Waals surface area contributed by atoms with Crippen molar-refractivity contribution in [2.24, 2.45) is 0 Å². The van der Waals surface area contributed by atoms with Gasteiger partial charge in [0.1, 0.15) is 0 Å². The maximum absolute atomic E-state index is 3.55. The van der Waals surface area contributed by atoms with E-state index in [0.29, 0.717) is 0 Å². The van der Waals surface area contributed by atoms with Crippen molar-refractivity contribution < 1.29 is 0 Å². The molecule has 3 heteroatoms. The Hall–Kier alpha value is -0.120. The fourth-order valence-electron chi connectivity index (χ4n) is 2.80. The van der Waals surface area contributed by atoms with Crippen LogP contribution in [-0.4, -0.2) is 63.2 Å². The van der Waals surface area contributed by atoms with Crippen molar-refractivity contribution in [1.29, 1.82) is 0 Å². The van der Waals surface area contributed by atoms with Crippen molar-refractivity contribution in [2.75, 3.05) is 47.3 Å². The van der Waals surface area contributed by atoms with Crippen LogP contribution in [0, 0.1) is 0 Å². The number of nitrogens with one attached hydrogen (secondary N) is 1. The lowest BCUT2D eigenvalue weighted by atomic mass is 9.94. The highest BCUT2D eigenvalue weighted by molar-refractivity contribution is 4.73. The Bertz CT molecular complexity index is 188. The second-order valence-corrected chi connectivity index (χ2v) is 6.03. The Labute approximate surface area is 114 Å². The number of nitrogens with zero attached hydrogens (tertiary/aromatic N) is 2. The highest BCUT2D eigenvalue weighted by atomic mass is 15.1. The molecule has 0 spiro atoms. The second kappa shape index (κ2) is 9.76. The van der Waals surface area contributed by atoms with E-state index in [0.717, 1.165) is 12.6 Å². The molecule has 1 aliphatic rings. The van der Waals surface area contributed by atoms with E-state index in [1.54, 1.807) is 0 Å². The molecule has 0 saturated heterocycles. The summed E-state index contributed by atoms with van der Waals surface area (Å²) >= 11 is 0. The summed E-state index contributed by atoms with van der Waals surface area (Å²) in [5.41, 5.74) is 0. The van der Waals surface area contributed by atoms with Crippen LogP contribution in [0.25, 0.3) is 0 Å². The van der Waals surface area contributed by atoms with Gasteiger partial charge in [0.15, 0.2) is 0 Å². The van der Waals surface area contributed by atoms with Crippen LogP contribution in [0.1, 0.15) is 44.9 Å². The van der Waals surface area contributed by atoms with Crippen LogP contribution in [0.2, 0.25) is 0 Å². The standard InChI is InChI=1S/C15H33N3/c1-17(2)13-7-11-16-12-8-14-18(3)15-9-5-4-6-10-15/h15-16H,4-14H2,1-3H3. The van der Waals surface area contributed by atoms with Gasteiger partial charge in [0.25, 0.3) is 0 Å². The van der Waals surface area contributed by atoms with Gasteiger partial charge < -0.3 is 15.1 Å². The van der Waals surface area contributed by atoms with E-state index in [9.17, 15) is 0 Å². The number of rotatable bonds is 9. The van der Waals surface area contributed by atoms with Crippen molar-refractivity contribution in [3.63, 3.8) is 0 Å². The van der Waals surface area contributed by atoms with Crippen LogP contribution < -0.4 is 5.32 Å². The molecule has 0 aromatic carbocycles. The molecule has 0 amide bonds. The third kappa shape index (κ3) is 7.34. The molecule has 0 unspecified atom stereocenters. The van der Waals surface area contributed by atoms with E-state index >= 15 is 0 Å². The molecule has 1 N–H and O–H groups in total. The highest BCUT2D eigenvalue weighted by Crippen LogP contribution is 2.21. The number of hydrogen-bond acceptors (Lipinski definition) is 3. The van der Waals surface area contributed by atoms with Gasteiger partial charge in [-0.3, -0.25) is 0 Å². The zero-order valence-electron chi connectivity index (χ0n) is 12.7. The lowest BCUT2D eigenvalue weighted by Crippen LogP contribution is -2.35. The summed E-state index contributed by atoms with van der Waals surface area (Å²) in [6, 6.07) is 0.868. The third-order valence-electron chi connectivity index (χ3n) is 4.02. The summed E-state index contributed by atoms with van der Waals surface area (Å²) in [5.74, 6) is 0. The maximum atomic E-state index is 3.55. The highest BCUT2D eigenvalue weighted by Gasteiger charge is 2.16. The fraction of sp³-hybridized carbons (Fsp3) is 1.00. The van der Waals surface area contributed by atoms with Crippen molar-refractivity contribution in [1.82, 2.24) is 15.1 Å². The van der Waals surface area contributed by atoms with Gasteiger partial charge in [0, 0.05) is 6.04 Å². The van der Waals surface area contributed by atoms with E-state index in [1.807, 2.05) is 0 Å². The predicted octanol–water partition coefficient (Wildman–Crippen LogP) is 2.18. The molecule has 0 bridgehead atoms. The fourth-order valence-corrected chi connectivity index (χ4v) is 2.80. The van der Waals surface area contributed by atoms with Gasteiger partial charge in [-0.15, -0.1) is 0 Å². The predicted molar refractivity (Wildman–Crippen MR) is 80.2 cm³/mol. The Morgan fingerprint density at radius 1 is 0.889 bits per heavy atom. The lowest BCUT2D eigenvalue weighted by Gasteiger charge is -2.31. The van der Waals surface area contributed by atoms with E-state index in [1.165, 1.54) is 64.6 Å². The summed E-state index contributed by atoms with van der Waals surface area (Å²) in [6.07, 6.45) is 9.73. The Morgan fingerprint density at radius 2 is 1.50 bits per heavy atom. The van der Waals surface area contributed by atoms with Crippen LogP contribution in [0.5, 0.6) is 0 Å². The van der Waals surface area contributed by atoms with Crippen molar-refractivity contribution in [3.05, 3.63) is 0 Å². The molecule has 0 aromatic rings. The smallest absolute Gasteiger partial charge is 0.00922 e. The third-order valence-corrected chi connectivity index (χ3v) is 4.02. The summed E-state index contributed by atoms with van der Waals surface area (Å²) in [5, 5.41) is 3.55. The van der Waals surface area contributed by atoms with Gasteiger partial charge in [-0.1, -0.05) is 19.3 Å². The van der Waals surface area contributed by atoms with Gasteiger partial charge in [-0.05, 0) is 73.0 Å². The van der Waals surface area contributed by atoms with E-state index in [4.69, 9.17) is 0 Å². The molecule has 18 heavy (non-hydrogen) atoms. The monoisotopic (exact) mass is 255 g/mol. The quantitative estimate of drug-likeness (QED) is 0.637. The van der Waals surface area contributed by atoms with Crippen molar-refractivity contribution in [3.8, 4) is 0 Å². The second-order valence-electron chi connectivity index (χ2n) is 6.03. The summed E-state index contributed by atoms with van der Waals surface area (Å²) in [6.45, 7) is 4.77. The molecular formula is C15H33N3. The molecule has 0 aliphatic heterocycles. The molecule has 108 valence electrons. The molecule has 0 atom stereocenters. The topological polar surface area (TPSA) is 18.5 Å². The van der Waals surface area contributed by atoms with Crippen molar-refractivity contribution in [2.45, 2.75) is 51.0 Å². The molecule has 1 fully saturated rings. The first-order chi connectivity index (χ1) is 8.70. The zero-order chi connectivity index (χ0) is 13.2. The van der Waals surface area contributed by atoms with E-state index < -0.39 is 0 Å². The molecule has 0 radical (unpaired) electrons. The molecule has 1 aliphatic carbocycles. The van der Waals surface area contributed by atoms with Gasteiger partial charge in [-0.25, -0.2) is 0 Å². The average molecular weight is 255 g/mol. The Kier molecular flexibility index (Phi) is 8.64. The first-order valence-corrected chi connectivity index (χ1v) is 7.76. The summed E-state index contributed by atoms with van der Waals surface area (Å²) < 4.78 is 0. The van der Waals surface area contributed by atoms with Crippen LogP contribution in [0.4, 0.5) is 0 Å². The summed E-state index contributed by atoms with van der Waals surface area (Å²) in [4.78, 5) is 4.83. The molecule has 1 rings (SSSR count). The first kappa shape index (κ1) is 15.9. The zero-order valence-corrected chi connectivity index (χ0v) is 12.7. The Balaban J connectivity index is 1.90. The Morgan fingerprint density at radius 3 is 2.11 bits per heavy atom. The maximum Gasteiger partial charge on any atom is 0.00922 e. The van der Waals surface area contributed by atoms with E-state index in [-0.39, 0.29) is 0 Å². The molecule has 1 saturated carbocycles. The normalized spacial score (nSPS) is 17.8. The average Bonchev–Trinajstić information content (AvgIpc) is 2.38. The van der Waals surface area contributed by atoms with Crippen LogP contribution in [0.15, 0.2) is 0 Å². The minimum Gasteiger partial charge on any atom is -0.317 e. The minimum atomic E-state index is 0.868. The van der Waals surface area contributed by atoms with Crippen molar-refractivity contribution >= 4 is 0 Å². The SMILES string of the molecule is CN(C)CCCNCCCN(C)C1CCCCC1. The molecule has 0 heterocycles.